The van der Waals surface area contributed by atoms with E-state index in [1.807, 2.05) is 6.92 Å². The summed E-state index contributed by atoms with van der Waals surface area (Å²) < 4.78 is 0. The smallest absolute Gasteiger partial charge is 0.238 e. The lowest BCUT2D eigenvalue weighted by Crippen LogP contribution is -2.61. The molecule has 0 bridgehead atoms. The summed E-state index contributed by atoms with van der Waals surface area (Å²) in [6.07, 6.45) is 8.82. The molecular formula is C16H31N3O. The van der Waals surface area contributed by atoms with Crippen LogP contribution in [0.1, 0.15) is 58.8 Å². The second-order valence-corrected chi connectivity index (χ2v) is 7.11. The van der Waals surface area contributed by atoms with Gasteiger partial charge in [0.1, 0.15) is 5.54 Å². The first-order valence-corrected chi connectivity index (χ1v) is 8.22. The van der Waals surface area contributed by atoms with E-state index in [2.05, 4.69) is 24.2 Å². The largest absolute Gasteiger partial charge is 0.368 e. The van der Waals surface area contributed by atoms with Crippen LogP contribution in [0.5, 0.6) is 0 Å². The molecule has 0 aliphatic heterocycles. The van der Waals surface area contributed by atoms with Crippen LogP contribution in [-0.2, 0) is 4.79 Å². The number of hydrogen-bond acceptors (Lipinski definition) is 3. The summed E-state index contributed by atoms with van der Waals surface area (Å²) in [4.78, 5) is 14.2. The van der Waals surface area contributed by atoms with E-state index in [1.54, 1.807) is 0 Å². The SMILES string of the molecule is CCC1CCC(N(C)CC(C)(NC2CC2)C(N)=O)CC1. The van der Waals surface area contributed by atoms with Crippen LogP contribution in [0.25, 0.3) is 0 Å². The molecule has 0 heterocycles. The predicted molar refractivity (Wildman–Crippen MR) is 82.4 cm³/mol. The molecular weight excluding hydrogens is 250 g/mol. The van der Waals surface area contributed by atoms with Gasteiger partial charge in [-0.15, -0.1) is 0 Å². The Labute approximate surface area is 123 Å². The van der Waals surface area contributed by atoms with Crippen LogP contribution < -0.4 is 11.1 Å². The monoisotopic (exact) mass is 281 g/mol. The zero-order chi connectivity index (χ0) is 14.8. The van der Waals surface area contributed by atoms with Crippen LogP contribution in [0, 0.1) is 5.92 Å². The molecule has 0 radical (unpaired) electrons. The first-order chi connectivity index (χ1) is 9.44. The molecule has 1 amide bonds. The molecule has 1 unspecified atom stereocenters. The average molecular weight is 281 g/mol. The lowest BCUT2D eigenvalue weighted by molar-refractivity contribution is -0.124. The Kier molecular flexibility index (Phi) is 5.08. The summed E-state index contributed by atoms with van der Waals surface area (Å²) in [5, 5.41) is 3.44. The topological polar surface area (TPSA) is 58.4 Å². The van der Waals surface area contributed by atoms with Crippen molar-refractivity contribution >= 4 is 5.91 Å². The fourth-order valence-corrected chi connectivity index (χ4v) is 3.49. The highest BCUT2D eigenvalue weighted by Crippen LogP contribution is 2.30. The van der Waals surface area contributed by atoms with E-state index >= 15 is 0 Å². The van der Waals surface area contributed by atoms with Crippen molar-refractivity contribution in [2.45, 2.75) is 76.4 Å². The third kappa shape index (κ3) is 3.95. The van der Waals surface area contributed by atoms with Gasteiger partial charge < -0.3 is 10.6 Å². The van der Waals surface area contributed by atoms with Gasteiger partial charge in [-0.3, -0.25) is 10.1 Å². The van der Waals surface area contributed by atoms with Gasteiger partial charge in [-0.05, 0) is 58.4 Å². The van der Waals surface area contributed by atoms with Gasteiger partial charge in [-0.1, -0.05) is 13.3 Å². The third-order valence-corrected chi connectivity index (χ3v) is 5.23. The maximum atomic E-state index is 11.8. The van der Waals surface area contributed by atoms with Gasteiger partial charge >= 0.3 is 0 Å². The Hall–Kier alpha value is -0.610. The van der Waals surface area contributed by atoms with E-state index in [-0.39, 0.29) is 5.91 Å². The van der Waals surface area contributed by atoms with Crippen LogP contribution in [0.3, 0.4) is 0 Å². The molecule has 2 rings (SSSR count). The van der Waals surface area contributed by atoms with Crippen LogP contribution in [0.4, 0.5) is 0 Å². The van der Waals surface area contributed by atoms with Crippen molar-refractivity contribution in [1.82, 2.24) is 10.2 Å². The second-order valence-electron chi connectivity index (χ2n) is 7.11. The summed E-state index contributed by atoms with van der Waals surface area (Å²) in [6.45, 7) is 4.97. The Morgan fingerprint density at radius 1 is 1.25 bits per heavy atom. The summed E-state index contributed by atoms with van der Waals surface area (Å²) in [6, 6.07) is 1.11. The summed E-state index contributed by atoms with van der Waals surface area (Å²) >= 11 is 0. The normalized spacial score (nSPS) is 30.2. The Morgan fingerprint density at radius 2 is 1.85 bits per heavy atom. The molecule has 0 aromatic rings. The van der Waals surface area contributed by atoms with Gasteiger partial charge in [0.05, 0.1) is 0 Å². The van der Waals surface area contributed by atoms with Gasteiger partial charge in [-0.2, -0.15) is 0 Å². The van der Waals surface area contributed by atoms with E-state index < -0.39 is 5.54 Å². The molecule has 1 atom stereocenters. The van der Waals surface area contributed by atoms with E-state index in [1.165, 1.54) is 44.9 Å². The molecule has 0 saturated heterocycles. The lowest BCUT2D eigenvalue weighted by atomic mass is 9.83. The zero-order valence-electron chi connectivity index (χ0n) is 13.3. The molecule has 0 aromatic heterocycles. The summed E-state index contributed by atoms with van der Waals surface area (Å²) in [5.74, 6) is 0.685. The van der Waals surface area contributed by atoms with Gasteiger partial charge in [-0.25, -0.2) is 0 Å². The molecule has 2 aliphatic carbocycles. The number of hydrogen-bond donors (Lipinski definition) is 2. The number of nitrogens with zero attached hydrogens (tertiary/aromatic N) is 1. The summed E-state index contributed by atoms with van der Waals surface area (Å²) in [5.41, 5.74) is 5.05. The fourth-order valence-electron chi connectivity index (χ4n) is 3.49. The van der Waals surface area contributed by atoms with E-state index in [9.17, 15) is 4.79 Å². The molecule has 4 heteroatoms. The Bertz CT molecular complexity index is 335. The molecule has 2 fully saturated rings. The van der Waals surface area contributed by atoms with Crippen molar-refractivity contribution in [2.24, 2.45) is 11.7 Å². The van der Waals surface area contributed by atoms with Crippen LogP contribution in [0.15, 0.2) is 0 Å². The molecule has 116 valence electrons. The fraction of sp³-hybridized carbons (Fsp3) is 0.938. The van der Waals surface area contributed by atoms with Crippen LogP contribution in [0.2, 0.25) is 0 Å². The Balaban J connectivity index is 1.87. The number of likely N-dealkylation sites (N-methyl/N-ethyl adjacent to an activating group) is 1. The van der Waals surface area contributed by atoms with E-state index in [0.29, 0.717) is 12.1 Å². The number of carbonyl (C=O) groups is 1. The van der Waals surface area contributed by atoms with Gasteiger partial charge in [0.2, 0.25) is 5.91 Å². The van der Waals surface area contributed by atoms with Crippen molar-refractivity contribution in [2.75, 3.05) is 13.6 Å². The van der Waals surface area contributed by atoms with Crippen molar-refractivity contribution in [1.29, 1.82) is 0 Å². The first-order valence-electron chi connectivity index (χ1n) is 8.22. The first kappa shape index (κ1) is 15.8. The zero-order valence-corrected chi connectivity index (χ0v) is 13.3. The highest BCUT2D eigenvalue weighted by atomic mass is 16.1. The molecule has 2 aliphatic rings. The molecule has 20 heavy (non-hydrogen) atoms. The molecule has 4 nitrogen and oxygen atoms in total. The number of nitrogens with two attached hydrogens (primary N) is 1. The van der Waals surface area contributed by atoms with Gasteiger partial charge in [0, 0.05) is 18.6 Å². The van der Waals surface area contributed by atoms with Crippen molar-refractivity contribution in [3.05, 3.63) is 0 Å². The third-order valence-electron chi connectivity index (χ3n) is 5.23. The number of nitrogens with one attached hydrogen (secondary N) is 1. The minimum Gasteiger partial charge on any atom is -0.368 e. The summed E-state index contributed by atoms with van der Waals surface area (Å²) in [7, 11) is 2.15. The van der Waals surface area contributed by atoms with E-state index in [4.69, 9.17) is 5.73 Å². The van der Waals surface area contributed by atoms with Crippen LogP contribution in [-0.4, -0.2) is 42.0 Å². The molecule has 2 saturated carbocycles. The highest BCUT2D eigenvalue weighted by Gasteiger charge is 2.39. The Morgan fingerprint density at radius 3 is 2.30 bits per heavy atom. The minimum atomic E-state index is -0.586. The molecule has 0 aromatic carbocycles. The van der Waals surface area contributed by atoms with Crippen molar-refractivity contribution in [3.63, 3.8) is 0 Å². The maximum absolute atomic E-state index is 11.8. The van der Waals surface area contributed by atoms with Crippen molar-refractivity contribution < 1.29 is 4.79 Å². The highest BCUT2D eigenvalue weighted by molar-refractivity contribution is 5.84. The molecule has 3 N–H and O–H groups in total. The quantitative estimate of drug-likeness (QED) is 0.749. The van der Waals surface area contributed by atoms with Gasteiger partial charge in [0.25, 0.3) is 0 Å². The number of primary amides is 1. The number of amides is 1. The van der Waals surface area contributed by atoms with Gasteiger partial charge in [0.15, 0.2) is 0 Å². The van der Waals surface area contributed by atoms with Crippen molar-refractivity contribution in [3.8, 4) is 0 Å². The second kappa shape index (κ2) is 6.44. The lowest BCUT2D eigenvalue weighted by Gasteiger charge is -2.39. The standard InChI is InChI=1S/C16H31N3O/c1-4-12-5-9-14(10-6-12)19(3)11-16(2,15(17)20)18-13-7-8-13/h12-14,18H,4-11H2,1-3H3,(H2,17,20). The number of rotatable bonds is 7. The molecule has 0 spiro atoms. The van der Waals surface area contributed by atoms with E-state index in [0.717, 1.165) is 12.5 Å². The number of carbonyl (C=O) groups excluding carboxylic acids is 1. The predicted octanol–water partition coefficient (Wildman–Crippen LogP) is 1.88. The van der Waals surface area contributed by atoms with Crippen LogP contribution >= 0.6 is 0 Å². The minimum absolute atomic E-state index is 0.224. The average Bonchev–Trinajstić information content (AvgIpc) is 3.22. The maximum Gasteiger partial charge on any atom is 0.238 e.